The molecule has 94 valence electrons. The number of aromatic nitrogens is 2. The van der Waals surface area contributed by atoms with Crippen molar-refractivity contribution in [3.8, 4) is 5.75 Å². The van der Waals surface area contributed by atoms with E-state index in [1.54, 1.807) is 6.07 Å². The van der Waals surface area contributed by atoms with Gasteiger partial charge in [0.15, 0.2) is 12.1 Å². The molecule has 0 fully saturated rings. The van der Waals surface area contributed by atoms with Gasteiger partial charge in [0.05, 0.1) is 11.3 Å². The van der Waals surface area contributed by atoms with Crippen LogP contribution in [0.5, 0.6) is 5.75 Å². The summed E-state index contributed by atoms with van der Waals surface area (Å²) in [4.78, 5) is 15.6. The van der Waals surface area contributed by atoms with Crippen molar-refractivity contribution >= 4 is 11.6 Å². The van der Waals surface area contributed by atoms with Crippen LogP contribution in [0, 0.1) is 0 Å². The Hall–Kier alpha value is -2.57. The lowest BCUT2D eigenvalue weighted by molar-refractivity contribution is 0.0951. The number of phenolic OH excluding ortho intramolecular Hbond substituents is 1. The highest BCUT2D eigenvalue weighted by molar-refractivity contribution is 5.98. The molecule has 1 amide bonds. The third-order valence-corrected chi connectivity index (χ3v) is 2.34. The van der Waals surface area contributed by atoms with Gasteiger partial charge in [-0.15, -0.1) is 0 Å². The van der Waals surface area contributed by atoms with Crippen molar-refractivity contribution < 1.29 is 14.4 Å². The highest BCUT2D eigenvalue weighted by Gasteiger charge is 2.12. The van der Waals surface area contributed by atoms with Crippen molar-refractivity contribution in [2.24, 2.45) is 0 Å². The van der Waals surface area contributed by atoms with Crippen LogP contribution >= 0.6 is 0 Å². The average molecular weight is 248 g/mol. The predicted molar refractivity (Wildman–Crippen MR) is 62.9 cm³/mol. The SMILES string of the molecule is Nc1cccc(C(=O)NCCc2ncno2)c1O. The number of nitrogens with zero attached hydrogens (tertiary/aromatic N) is 2. The number of aromatic hydroxyl groups is 1. The van der Waals surface area contributed by atoms with Gasteiger partial charge in [0, 0.05) is 13.0 Å². The van der Waals surface area contributed by atoms with Crippen LogP contribution in [-0.2, 0) is 6.42 Å². The minimum absolute atomic E-state index is 0.139. The van der Waals surface area contributed by atoms with Gasteiger partial charge in [-0.3, -0.25) is 4.79 Å². The molecule has 7 nitrogen and oxygen atoms in total. The Morgan fingerprint density at radius 3 is 3.06 bits per heavy atom. The first-order chi connectivity index (χ1) is 8.68. The third kappa shape index (κ3) is 2.57. The molecule has 0 bridgehead atoms. The molecule has 1 heterocycles. The minimum Gasteiger partial charge on any atom is -0.505 e. The van der Waals surface area contributed by atoms with Crippen molar-refractivity contribution in [3.63, 3.8) is 0 Å². The smallest absolute Gasteiger partial charge is 0.255 e. The van der Waals surface area contributed by atoms with E-state index in [-0.39, 0.29) is 17.0 Å². The first-order valence-electron chi connectivity index (χ1n) is 5.29. The second-order valence-electron chi connectivity index (χ2n) is 3.58. The number of carbonyl (C=O) groups excluding carboxylic acids is 1. The lowest BCUT2D eigenvalue weighted by Gasteiger charge is -2.07. The monoisotopic (exact) mass is 248 g/mol. The summed E-state index contributed by atoms with van der Waals surface area (Å²) >= 11 is 0. The number of hydrogen-bond acceptors (Lipinski definition) is 6. The topological polar surface area (TPSA) is 114 Å². The standard InChI is InChI=1S/C11H12N4O3/c12-8-3-1-2-7(10(8)16)11(17)13-5-4-9-14-6-15-18-9/h1-3,6,16H,4-5,12H2,(H,13,17). The molecular formula is C11H12N4O3. The van der Waals surface area contributed by atoms with E-state index >= 15 is 0 Å². The Morgan fingerprint density at radius 2 is 2.33 bits per heavy atom. The second kappa shape index (κ2) is 5.17. The summed E-state index contributed by atoms with van der Waals surface area (Å²) in [6.07, 6.45) is 1.72. The zero-order chi connectivity index (χ0) is 13.0. The lowest BCUT2D eigenvalue weighted by Crippen LogP contribution is -2.25. The molecule has 0 spiro atoms. The van der Waals surface area contributed by atoms with Crippen molar-refractivity contribution in [2.45, 2.75) is 6.42 Å². The second-order valence-corrected chi connectivity index (χ2v) is 3.58. The van der Waals surface area contributed by atoms with E-state index in [0.717, 1.165) is 0 Å². The van der Waals surface area contributed by atoms with E-state index in [4.69, 9.17) is 10.3 Å². The van der Waals surface area contributed by atoms with Gasteiger partial charge in [-0.25, -0.2) is 0 Å². The van der Waals surface area contributed by atoms with Crippen LogP contribution in [0.4, 0.5) is 5.69 Å². The molecule has 0 aliphatic heterocycles. The van der Waals surface area contributed by atoms with E-state index in [0.29, 0.717) is 18.9 Å². The molecular weight excluding hydrogens is 236 g/mol. The van der Waals surface area contributed by atoms with Crippen LogP contribution in [0.15, 0.2) is 29.0 Å². The van der Waals surface area contributed by atoms with Crippen LogP contribution in [0.25, 0.3) is 0 Å². The zero-order valence-corrected chi connectivity index (χ0v) is 9.46. The highest BCUT2D eigenvalue weighted by Crippen LogP contribution is 2.23. The summed E-state index contributed by atoms with van der Waals surface area (Å²) in [7, 11) is 0. The van der Waals surface area contributed by atoms with Gasteiger partial charge in [0.1, 0.15) is 0 Å². The number of nitrogen functional groups attached to an aromatic ring is 1. The van der Waals surface area contributed by atoms with Crippen molar-refractivity contribution in [2.75, 3.05) is 12.3 Å². The number of phenols is 1. The van der Waals surface area contributed by atoms with Gasteiger partial charge < -0.3 is 20.7 Å². The van der Waals surface area contributed by atoms with Crippen molar-refractivity contribution in [1.82, 2.24) is 15.5 Å². The average Bonchev–Trinajstić information content (AvgIpc) is 2.85. The van der Waals surface area contributed by atoms with E-state index < -0.39 is 5.91 Å². The summed E-state index contributed by atoms with van der Waals surface area (Å²) in [5.41, 5.74) is 5.81. The predicted octanol–water partition coefficient (Wildman–Crippen LogP) is 0.330. The van der Waals surface area contributed by atoms with Gasteiger partial charge in [-0.2, -0.15) is 4.98 Å². The van der Waals surface area contributed by atoms with Crippen LogP contribution in [0.3, 0.4) is 0 Å². The van der Waals surface area contributed by atoms with Crippen molar-refractivity contribution in [3.05, 3.63) is 36.0 Å². The molecule has 0 saturated carbocycles. The number of para-hydroxylation sites is 1. The van der Waals surface area contributed by atoms with Crippen LogP contribution in [-0.4, -0.2) is 27.7 Å². The number of rotatable bonds is 4. The normalized spacial score (nSPS) is 10.2. The number of nitrogens with one attached hydrogen (secondary N) is 1. The quantitative estimate of drug-likeness (QED) is 0.530. The van der Waals surface area contributed by atoms with Gasteiger partial charge in [0.25, 0.3) is 5.91 Å². The fourth-order valence-electron chi connectivity index (χ4n) is 1.43. The minimum atomic E-state index is -0.403. The molecule has 0 saturated heterocycles. The molecule has 7 heteroatoms. The summed E-state index contributed by atoms with van der Waals surface area (Å²) in [6, 6.07) is 4.61. The number of benzene rings is 1. The Labute approximate surface area is 103 Å². The summed E-state index contributed by atoms with van der Waals surface area (Å²) in [5, 5.41) is 15.7. The molecule has 0 aliphatic rings. The van der Waals surface area contributed by atoms with Gasteiger partial charge in [0.2, 0.25) is 5.89 Å². The first-order valence-corrected chi connectivity index (χ1v) is 5.29. The number of nitrogens with two attached hydrogens (primary N) is 1. The number of hydrogen-bond donors (Lipinski definition) is 3. The molecule has 2 rings (SSSR count). The number of carbonyl (C=O) groups is 1. The van der Waals surface area contributed by atoms with E-state index in [1.165, 1.54) is 18.5 Å². The summed E-state index contributed by atoms with van der Waals surface area (Å²) in [5.74, 6) is -0.181. The molecule has 18 heavy (non-hydrogen) atoms. The van der Waals surface area contributed by atoms with E-state index in [2.05, 4.69) is 15.5 Å². The molecule has 2 aromatic rings. The Bertz CT molecular complexity index is 539. The van der Waals surface area contributed by atoms with Crippen LogP contribution < -0.4 is 11.1 Å². The highest BCUT2D eigenvalue weighted by atomic mass is 16.5. The molecule has 1 aromatic carbocycles. The summed E-state index contributed by atoms with van der Waals surface area (Å²) in [6.45, 7) is 0.329. The number of amides is 1. The lowest BCUT2D eigenvalue weighted by atomic mass is 10.1. The first kappa shape index (κ1) is 11.9. The fourth-order valence-corrected chi connectivity index (χ4v) is 1.43. The maximum absolute atomic E-state index is 11.8. The van der Waals surface area contributed by atoms with Gasteiger partial charge in [-0.05, 0) is 12.1 Å². The maximum atomic E-state index is 11.8. The van der Waals surface area contributed by atoms with Crippen LogP contribution in [0.1, 0.15) is 16.2 Å². The summed E-state index contributed by atoms with van der Waals surface area (Å²) < 4.78 is 4.78. The Morgan fingerprint density at radius 1 is 1.50 bits per heavy atom. The molecule has 0 atom stereocenters. The van der Waals surface area contributed by atoms with Gasteiger partial charge in [-0.1, -0.05) is 11.2 Å². The van der Waals surface area contributed by atoms with E-state index in [9.17, 15) is 9.90 Å². The Balaban J connectivity index is 1.93. The Kier molecular flexibility index (Phi) is 3.42. The van der Waals surface area contributed by atoms with Gasteiger partial charge >= 0.3 is 0 Å². The fraction of sp³-hybridized carbons (Fsp3) is 0.182. The zero-order valence-electron chi connectivity index (χ0n) is 9.46. The van der Waals surface area contributed by atoms with E-state index in [1.807, 2.05) is 0 Å². The number of anilines is 1. The molecule has 4 N–H and O–H groups in total. The largest absolute Gasteiger partial charge is 0.505 e. The van der Waals surface area contributed by atoms with Crippen LogP contribution in [0.2, 0.25) is 0 Å². The molecule has 1 aromatic heterocycles. The maximum Gasteiger partial charge on any atom is 0.255 e. The molecule has 0 radical (unpaired) electrons. The van der Waals surface area contributed by atoms with Crippen molar-refractivity contribution in [1.29, 1.82) is 0 Å². The molecule has 0 aliphatic carbocycles. The molecule has 0 unspecified atom stereocenters. The third-order valence-electron chi connectivity index (χ3n) is 2.34.